The SMILES string of the molecule is C=CC(=O)[O-].C=CC(=O)[O-].[O]=[U+2]=[O]. The molecule has 0 fully saturated rings. The molecule has 0 rings (SSSR count). The van der Waals surface area contributed by atoms with E-state index >= 15 is 0 Å². The molecular formula is C6H6O6U. The van der Waals surface area contributed by atoms with Crippen LogP contribution < -0.4 is 10.2 Å². The van der Waals surface area contributed by atoms with Crippen LogP contribution in [0.1, 0.15) is 0 Å². The summed E-state index contributed by atoms with van der Waals surface area (Å²) in [7, 11) is 0. The van der Waals surface area contributed by atoms with Crippen LogP contribution in [0.25, 0.3) is 0 Å². The van der Waals surface area contributed by atoms with Crippen molar-refractivity contribution in [3.05, 3.63) is 25.3 Å². The summed E-state index contributed by atoms with van der Waals surface area (Å²) in [6, 6.07) is 0. The first-order valence-corrected chi connectivity index (χ1v) is 6.02. The van der Waals surface area contributed by atoms with Crippen LogP contribution >= 0.6 is 0 Å². The van der Waals surface area contributed by atoms with Gasteiger partial charge in [-0.2, -0.15) is 0 Å². The van der Waals surface area contributed by atoms with E-state index in [1.165, 1.54) is 0 Å². The molecule has 0 aromatic rings. The number of carbonyl (C=O) groups is 2. The first kappa shape index (κ1) is 18.0. The average molecular weight is 412 g/mol. The summed E-state index contributed by atoms with van der Waals surface area (Å²) < 4.78 is 17.2. The summed E-state index contributed by atoms with van der Waals surface area (Å²) in [5, 5.41) is 18.3. The monoisotopic (exact) mass is 412 g/mol. The molecule has 7 heteroatoms. The van der Waals surface area contributed by atoms with Gasteiger partial charge in [-0.1, -0.05) is 13.2 Å². The van der Waals surface area contributed by atoms with Crippen molar-refractivity contribution in [2.75, 3.05) is 0 Å². The molecule has 0 aliphatic heterocycles. The van der Waals surface area contributed by atoms with Crippen molar-refractivity contribution < 1.29 is 52.1 Å². The third-order valence-electron chi connectivity index (χ3n) is 0.333. The summed E-state index contributed by atoms with van der Waals surface area (Å²) in [6.45, 7) is 5.80. The summed E-state index contributed by atoms with van der Waals surface area (Å²) in [4.78, 5) is 18.3. The van der Waals surface area contributed by atoms with Crippen LogP contribution in [0.4, 0.5) is 0 Å². The quantitative estimate of drug-likeness (QED) is 0.468. The zero-order valence-corrected chi connectivity index (χ0v) is 10.7. The molecule has 0 saturated heterocycles. The number of hydrogen-bond acceptors (Lipinski definition) is 6. The average Bonchev–Trinajstić information content (AvgIpc) is 2.07. The van der Waals surface area contributed by atoms with Crippen molar-refractivity contribution in [2.45, 2.75) is 0 Å². The van der Waals surface area contributed by atoms with Gasteiger partial charge in [0.15, 0.2) is 0 Å². The van der Waals surface area contributed by atoms with Gasteiger partial charge in [0.2, 0.25) is 0 Å². The summed E-state index contributed by atoms with van der Waals surface area (Å²) in [6.07, 6.45) is 1.44. The molecule has 6 nitrogen and oxygen atoms in total. The number of aliphatic carboxylic acids is 2. The molecule has 0 bridgehead atoms. The maximum atomic E-state index is 9.14. The molecular weight excluding hydrogens is 406 g/mol. The third kappa shape index (κ3) is 96.6. The molecule has 70 valence electrons. The van der Waals surface area contributed by atoms with Crippen molar-refractivity contribution >= 4 is 11.9 Å². The molecule has 0 heterocycles. The van der Waals surface area contributed by atoms with Gasteiger partial charge in [-0.15, -0.1) is 0 Å². The van der Waals surface area contributed by atoms with Gasteiger partial charge in [0.1, 0.15) is 0 Å². The molecule has 13 heavy (non-hydrogen) atoms. The molecule has 0 aromatic heterocycles. The second-order valence-electron chi connectivity index (χ2n) is 1.13. The molecule has 0 atom stereocenters. The number of carboxylic acids is 2. The number of hydrogen-bond donors (Lipinski definition) is 0. The van der Waals surface area contributed by atoms with Gasteiger partial charge in [-0.05, 0) is 12.2 Å². The Morgan fingerprint density at radius 3 is 1.08 bits per heavy atom. The van der Waals surface area contributed by atoms with Gasteiger partial charge < -0.3 is 19.8 Å². The maximum absolute atomic E-state index is 9.14. The van der Waals surface area contributed by atoms with Crippen LogP contribution in [0, 0.1) is 27.8 Å². The Labute approximate surface area is 89.2 Å². The van der Waals surface area contributed by atoms with E-state index in [4.69, 9.17) is 24.3 Å². The minimum absolute atomic E-state index is 0.722. The Kier molecular flexibility index (Phi) is 23.8. The van der Waals surface area contributed by atoms with Gasteiger partial charge in [0, 0.05) is 0 Å². The van der Waals surface area contributed by atoms with Crippen LogP contribution in [0.5, 0.6) is 0 Å². The summed E-state index contributed by atoms with van der Waals surface area (Å²) in [5.41, 5.74) is 0. The zero-order valence-electron chi connectivity index (χ0n) is 6.52. The van der Waals surface area contributed by atoms with E-state index in [-0.39, 0.29) is 0 Å². The fourth-order valence-corrected chi connectivity index (χ4v) is 0. The van der Waals surface area contributed by atoms with Crippen molar-refractivity contribution in [2.24, 2.45) is 0 Å². The molecule has 0 aliphatic carbocycles. The molecule has 0 radical (unpaired) electrons. The molecule has 0 unspecified atom stereocenters. The Morgan fingerprint density at radius 1 is 1.00 bits per heavy atom. The van der Waals surface area contributed by atoms with Crippen LogP contribution in [0.15, 0.2) is 25.3 Å². The van der Waals surface area contributed by atoms with Crippen LogP contribution in [0.3, 0.4) is 0 Å². The third-order valence-corrected chi connectivity index (χ3v) is 0.333. The van der Waals surface area contributed by atoms with E-state index < -0.39 is 39.8 Å². The van der Waals surface area contributed by atoms with Crippen LogP contribution in [-0.4, -0.2) is 11.9 Å². The van der Waals surface area contributed by atoms with E-state index in [1.807, 2.05) is 0 Å². The van der Waals surface area contributed by atoms with Crippen molar-refractivity contribution in [1.29, 1.82) is 0 Å². The van der Waals surface area contributed by atoms with E-state index in [1.54, 1.807) is 0 Å². The number of carbonyl (C=O) groups excluding carboxylic acids is 2. The van der Waals surface area contributed by atoms with Gasteiger partial charge in [-0.25, -0.2) is 0 Å². The fourth-order valence-electron chi connectivity index (χ4n) is 0. The Balaban J connectivity index is -0.000000120. The summed E-state index contributed by atoms with van der Waals surface area (Å²) in [5.74, 6) is -2.46. The topological polar surface area (TPSA) is 114 Å². The van der Waals surface area contributed by atoms with Crippen molar-refractivity contribution in [3.63, 3.8) is 0 Å². The molecule has 0 spiro atoms. The van der Waals surface area contributed by atoms with Gasteiger partial charge in [0.25, 0.3) is 0 Å². The van der Waals surface area contributed by atoms with E-state index in [9.17, 15) is 0 Å². The fraction of sp³-hybridized carbons (Fsp3) is 0. The van der Waals surface area contributed by atoms with Gasteiger partial charge in [-0.3, -0.25) is 0 Å². The minimum atomic E-state index is -2.51. The molecule has 0 aromatic carbocycles. The molecule has 0 saturated carbocycles. The molecule has 0 amide bonds. The van der Waals surface area contributed by atoms with E-state index in [0.29, 0.717) is 0 Å². The first-order chi connectivity index (χ1) is 5.95. The van der Waals surface area contributed by atoms with Crippen LogP contribution in [-0.2, 0) is 14.1 Å². The Hall–Kier alpha value is -0.928. The normalized spacial score (nSPS) is 5.54. The first-order valence-electron chi connectivity index (χ1n) is 2.62. The standard InChI is InChI=1S/2C3H4O2.2O.U/c2*1-2-3(4)5;;;/h2*2H,1H2,(H,4,5);;;/q;;;;+2/p-2. The van der Waals surface area contributed by atoms with Gasteiger partial charge >= 0.3 is 32.3 Å². The Bertz CT molecular complexity index is 197. The summed E-state index contributed by atoms with van der Waals surface area (Å²) >= 11 is -2.51. The van der Waals surface area contributed by atoms with Crippen molar-refractivity contribution in [1.82, 2.24) is 0 Å². The second-order valence-corrected chi connectivity index (χ2v) is 1.82. The number of carboxylic acid groups (broad SMARTS) is 2. The van der Waals surface area contributed by atoms with E-state index in [2.05, 4.69) is 13.2 Å². The zero-order chi connectivity index (χ0) is 11.3. The Morgan fingerprint density at radius 2 is 1.08 bits per heavy atom. The van der Waals surface area contributed by atoms with E-state index in [0.717, 1.165) is 12.2 Å². The predicted octanol–water partition coefficient (Wildman–Crippen LogP) is -2.39. The predicted molar refractivity (Wildman–Crippen MR) is 31.8 cm³/mol. The number of rotatable bonds is 2. The van der Waals surface area contributed by atoms with Crippen LogP contribution in [0.2, 0.25) is 0 Å². The van der Waals surface area contributed by atoms with Gasteiger partial charge in [0.05, 0.1) is 11.9 Å². The molecule has 0 N–H and O–H groups in total. The molecule has 0 aliphatic rings. The second kappa shape index (κ2) is 17.2. The van der Waals surface area contributed by atoms with Crippen molar-refractivity contribution in [3.8, 4) is 0 Å².